The Labute approximate surface area is 197 Å². The Balaban J connectivity index is 1.62. The molecule has 0 aliphatic rings. The number of ketones is 1. The summed E-state index contributed by atoms with van der Waals surface area (Å²) in [4.78, 5) is 13.9. The molecule has 6 heteroatoms. The molecule has 0 fully saturated rings. The van der Waals surface area contributed by atoms with Crippen LogP contribution in [0.2, 0.25) is 0 Å². The maximum Gasteiger partial charge on any atom is 0.293 e. The quantitative estimate of drug-likeness (QED) is 0.207. The van der Waals surface area contributed by atoms with Gasteiger partial charge in [-0.3, -0.25) is 4.79 Å². The standard InChI is InChI=1S/C27H22O5S/c28-21-10-6-19(7-11-21)26(31)27(20-8-12-22(29)13-9-20)33-25-16-23(14-15-24(25)30)32-17-18-4-2-1-3-5-18/h1-16,27-30H,17H2/i/hT. The van der Waals surface area contributed by atoms with Gasteiger partial charge in [0.2, 0.25) is 0 Å². The molecule has 5 nitrogen and oxygen atoms in total. The van der Waals surface area contributed by atoms with E-state index in [1.165, 1.54) is 23.9 Å². The number of ether oxygens (including phenoxy) is 1. The van der Waals surface area contributed by atoms with E-state index in [0.29, 0.717) is 34.1 Å². The average molecular weight is 461 g/mol. The van der Waals surface area contributed by atoms with E-state index in [0.717, 1.165) is 5.56 Å². The fraction of sp³-hybridized carbons (Fsp3) is 0.0741. The van der Waals surface area contributed by atoms with E-state index in [1.54, 1.807) is 54.6 Å². The Hall–Kier alpha value is -3.90. The van der Waals surface area contributed by atoms with E-state index in [2.05, 4.69) is 5.11 Å². The molecule has 0 spiro atoms. The smallest absolute Gasteiger partial charge is 0.293 e. The molecule has 0 saturated carbocycles. The second kappa shape index (κ2) is 10.1. The summed E-state index contributed by atoms with van der Waals surface area (Å²) in [5.41, 5.74) is 2.12. The molecule has 0 aliphatic heterocycles. The maximum absolute atomic E-state index is 13.4. The van der Waals surface area contributed by atoms with Gasteiger partial charge in [-0.05, 0) is 65.7 Å². The third-order valence-electron chi connectivity index (χ3n) is 5.00. The molecule has 0 amide bonds. The number of rotatable bonds is 9. The number of thioether (sulfide) groups is 1. The maximum atomic E-state index is 13.4. The second-order valence-electron chi connectivity index (χ2n) is 7.38. The van der Waals surface area contributed by atoms with Crippen LogP contribution < -0.4 is 4.74 Å². The van der Waals surface area contributed by atoms with Crippen LogP contribution in [0.4, 0.5) is 0 Å². The number of benzene rings is 4. The Kier molecular flexibility index (Phi) is 6.45. The van der Waals surface area contributed by atoms with Crippen LogP contribution in [-0.2, 0) is 6.61 Å². The van der Waals surface area contributed by atoms with Gasteiger partial charge in [0.15, 0.2) is 5.78 Å². The van der Waals surface area contributed by atoms with Gasteiger partial charge in [0, 0.05) is 5.56 Å². The largest absolute Gasteiger partial charge is 0.508 e. The number of phenolic OH excluding ortho intramolecular Hbond substituents is 3. The molecule has 1 atom stereocenters. The van der Waals surface area contributed by atoms with Crippen molar-refractivity contribution in [3.05, 3.63) is 114 Å². The van der Waals surface area contributed by atoms with Crippen LogP contribution in [0.25, 0.3) is 0 Å². The van der Waals surface area contributed by atoms with Gasteiger partial charge < -0.3 is 20.1 Å². The minimum Gasteiger partial charge on any atom is -0.508 e. The van der Waals surface area contributed by atoms with Crippen molar-refractivity contribution < 1.29 is 24.9 Å². The normalized spacial score (nSPS) is 11.9. The molecular formula is C27H22O5S. The summed E-state index contributed by atoms with van der Waals surface area (Å²) < 4.78 is 12.9. The first-order valence-electron chi connectivity index (χ1n) is 10.7. The molecule has 1 unspecified atom stereocenters. The summed E-state index contributed by atoms with van der Waals surface area (Å²) in [6.07, 6.45) is 0. The monoisotopic (exact) mass is 460 g/mol. The molecule has 0 radical (unpaired) electrons. The van der Waals surface area contributed by atoms with Gasteiger partial charge in [0.1, 0.15) is 29.6 Å². The Morgan fingerprint density at radius 2 is 1.58 bits per heavy atom. The van der Waals surface area contributed by atoms with Gasteiger partial charge in [0.05, 0.1) is 10.1 Å². The van der Waals surface area contributed by atoms with Gasteiger partial charge in [-0.15, -0.1) is 11.8 Å². The lowest BCUT2D eigenvalue weighted by Gasteiger charge is -2.18. The molecule has 166 valence electrons. The Morgan fingerprint density at radius 3 is 2.27 bits per heavy atom. The first-order chi connectivity index (χ1) is 16.5. The van der Waals surface area contributed by atoms with Crippen LogP contribution in [0.15, 0.2) is 102 Å². The van der Waals surface area contributed by atoms with Gasteiger partial charge >= 0.3 is 0 Å². The minimum absolute atomic E-state index is 0.0340. The molecule has 3 N–H and O–H groups in total. The highest BCUT2D eigenvalue weighted by Gasteiger charge is 2.25. The zero-order valence-corrected chi connectivity index (χ0v) is 18.4. The van der Waals surface area contributed by atoms with Crippen LogP contribution >= 0.6 is 11.8 Å². The summed E-state index contributed by atoms with van der Waals surface area (Å²) in [5, 5.41) is 23.9. The number of hydrogen-bond donors (Lipinski definition) is 3. The fourth-order valence-corrected chi connectivity index (χ4v) is 4.40. The number of phenols is 3. The fourth-order valence-electron chi connectivity index (χ4n) is 3.24. The van der Waals surface area contributed by atoms with Crippen molar-refractivity contribution in [1.82, 2.24) is 0 Å². The van der Waals surface area contributed by atoms with E-state index in [1.807, 2.05) is 30.3 Å². The molecule has 33 heavy (non-hydrogen) atoms. The highest BCUT2D eigenvalue weighted by atomic mass is 32.2. The molecular weight excluding hydrogens is 436 g/mol. The van der Waals surface area contributed by atoms with Crippen LogP contribution in [0.3, 0.4) is 0 Å². The van der Waals surface area contributed by atoms with Gasteiger partial charge in [-0.2, -0.15) is 0 Å². The molecule has 4 aromatic rings. The van der Waals surface area contributed by atoms with E-state index >= 15 is 0 Å². The summed E-state index contributed by atoms with van der Waals surface area (Å²) >= 11 is 1.20. The number of carbonyl (C=O) groups is 1. The third-order valence-corrected chi connectivity index (χ3v) is 6.30. The van der Waals surface area contributed by atoms with Crippen LogP contribution in [-0.4, -0.2) is 22.5 Å². The highest BCUT2D eigenvalue weighted by molar-refractivity contribution is 8.00. The zero-order chi connectivity index (χ0) is 23.9. The lowest BCUT2D eigenvalue weighted by Crippen LogP contribution is -2.10. The van der Waals surface area contributed by atoms with E-state index < -0.39 is 5.25 Å². The zero-order valence-electron chi connectivity index (χ0n) is 18.5. The van der Waals surface area contributed by atoms with Crippen molar-refractivity contribution >= 4 is 17.5 Å². The molecule has 0 heterocycles. The van der Waals surface area contributed by atoms with Crippen molar-refractivity contribution in [3.8, 4) is 23.0 Å². The van der Waals surface area contributed by atoms with Crippen LogP contribution in [0.5, 0.6) is 23.0 Å². The molecule has 0 bridgehead atoms. The van der Waals surface area contributed by atoms with Crippen LogP contribution in [0.1, 0.15) is 26.7 Å². The molecule has 4 rings (SSSR count). The predicted molar refractivity (Wildman–Crippen MR) is 128 cm³/mol. The topological polar surface area (TPSA) is 87.0 Å². The molecule has 0 aromatic heterocycles. The number of aromatic hydroxyl groups is 3. The minimum atomic E-state index is -0.695. The van der Waals surface area contributed by atoms with E-state index in [-0.39, 0.29) is 17.3 Å². The number of hydrogen-bond acceptors (Lipinski definition) is 6. The van der Waals surface area contributed by atoms with Gasteiger partial charge in [-0.25, -0.2) is 0 Å². The first-order valence-corrected chi connectivity index (χ1v) is 11.1. The van der Waals surface area contributed by atoms with Crippen molar-refractivity contribution in [2.24, 2.45) is 0 Å². The number of Topliss-reactive ketones (excluding diaryl/α,β-unsaturated/α-hetero) is 1. The summed E-state index contributed by atoms with van der Waals surface area (Å²) in [7, 11) is 0. The first kappa shape index (κ1) is 21.0. The molecule has 0 saturated heterocycles. The highest BCUT2D eigenvalue weighted by Crippen LogP contribution is 2.43. The van der Waals surface area contributed by atoms with Crippen molar-refractivity contribution in [3.63, 3.8) is 0 Å². The molecule has 0 aliphatic carbocycles. The van der Waals surface area contributed by atoms with Crippen molar-refractivity contribution in [2.75, 3.05) is 0 Å². The van der Waals surface area contributed by atoms with E-state index in [9.17, 15) is 15.0 Å². The SMILES string of the molecule is [3H]Oc1ccc(C(Sc2cc(OCc3ccccc3)ccc2O)C(=O)c2ccc(O)cc2)cc1. The summed E-state index contributed by atoms with van der Waals surface area (Å²) in [6, 6.07) is 27.4. The van der Waals surface area contributed by atoms with Crippen molar-refractivity contribution in [1.29, 1.82) is 1.43 Å². The van der Waals surface area contributed by atoms with Crippen LogP contribution in [0, 0.1) is 0 Å². The lowest BCUT2D eigenvalue weighted by molar-refractivity contribution is 0.0989. The van der Waals surface area contributed by atoms with Crippen molar-refractivity contribution in [2.45, 2.75) is 16.8 Å². The average Bonchev–Trinajstić information content (AvgIpc) is 2.88. The third kappa shape index (κ3) is 5.67. The molecule has 4 aromatic carbocycles. The predicted octanol–water partition coefficient (Wildman–Crippen LogP) is 6.10. The van der Waals surface area contributed by atoms with Gasteiger partial charge in [0.25, 0.3) is 1.43 Å². The Bertz CT molecular complexity index is 1240. The van der Waals surface area contributed by atoms with E-state index in [4.69, 9.17) is 6.17 Å². The lowest BCUT2D eigenvalue weighted by atomic mass is 10.0. The van der Waals surface area contributed by atoms with Gasteiger partial charge in [-0.1, -0.05) is 42.5 Å². The Morgan fingerprint density at radius 1 is 0.879 bits per heavy atom. The summed E-state index contributed by atoms with van der Waals surface area (Å²) in [6.45, 7) is 0.375. The summed E-state index contributed by atoms with van der Waals surface area (Å²) in [5.74, 6) is 0.825. The number of carbonyl (C=O) groups excluding carboxylic acids is 1. The second-order valence-corrected chi connectivity index (χ2v) is 8.53.